The number of aliphatic imine (C=N–C) groups is 2. The van der Waals surface area contributed by atoms with Crippen molar-refractivity contribution in [2.75, 3.05) is 26.2 Å². The Hall–Kier alpha value is -4.12. The van der Waals surface area contributed by atoms with Crippen LogP contribution in [0.5, 0.6) is 0 Å². The number of benzene rings is 2. The molecule has 3 heterocycles. The average Bonchev–Trinajstić information content (AvgIpc) is 3.68. The van der Waals surface area contributed by atoms with Crippen molar-refractivity contribution < 1.29 is 19.8 Å². The number of hydrogen-bond donors (Lipinski definition) is 9. The fourth-order valence-electron chi connectivity index (χ4n) is 6.63. The van der Waals surface area contributed by atoms with E-state index in [-0.39, 0.29) is 37.9 Å². The molecule has 49 heavy (non-hydrogen) atoms. The van der Waals surface area contributed by atoms with Crippen molar-refractivity contribution >= 4 is 77.4 Å². The zero-order chi connectivity index (χ0) is 35.3. The standard InChI is InChI=1S/C33H42Br2N10O4/c34-21-5-7-23-19(17-43-25(23)14-21)13-27-32(48,16-20-18-44-26-15-22(35)6-8-24(20)26)29(47)45(12-4-3-11-42-31(38)39)33(27,49)28(46)40-9-1-2-10-41-30(36)37/h5-8,14-15,17-18,27,43-44,48-49H,1-4,9-13,16H2,(H,40,46)(H4,36,37,41)(H4,38,39,42)/t27-,32+,33+/m1/s1. The number of halogens is 2. The number of nitrogens with zero attached hydrogens (tertiary/aromatic N) is 3. The summed E-state index contributed by atoms with van der Waals surface area (Å²) >= 11 is 6.98. The molecule has 2 aromatic carbocycles. The first kappa shape index (κ1) is 36.2. The fraction of sp³-hybridized carbons (Fsp3) is 0.394. The lowest BCUT2D eigenvalue weighted by Gasteiger charge is -2.37. The van der Waals surface area contributed by atoms with Crippen LogP contribution in [0.1, 0.15) is 36.8 Å². The minimum atomic E-state index is -2.41. The summed E-state index contributed by atoms with van der Waals surface area (Å²) in [6, 6.07) is 11.4. The second-order valence-electron chi connectivity index (χ2n) is 12.3. The Labute approximate surface area is 300 Å². The van der Waals surface area contributed by atoms with Crippen LogP contribution in [0, 0.1) is 5.92 Å². The van der Waals surface area contributed by atoms with Crippen LogP contribution in [0.25, 0.3) is 21.8 Å². The van der Waals surface area contributed by atoms with Crippen molar-refractivity contribution in [3.63, 3.8) is 0 Å². The van der Waals surface area contributed by atoms with E-state index in [0.29, 0.717) is 44.3 Å². The summed E-state index contributed by atoms with van der Waals surface area (Å²) in [5, 5.41) is 29.8. The third-order valence-electron chi connectivity index (χ3n) is 9.02. The molecule has 13 N–H and O–H groups in total. The van der Waals surface area contributed by atoms with Crippen molar-refractivity contribution in [2.45, 2.75) is 49.9 Å². The van der Waals surface area contributed by atoms with Crippen LogP contribution in [0.2, 0.25) is 0 Å². The molecule has 2 amide bonds. The molecule has 0 spiro atoms. The first-order valence-corrected chi connectivity index (χ1v) is 17.6. The highest BCUT2D eigenvalue weighted by atomic mass is 79.9. The summed E-state index contributed by atoms with van der Waals surface area (Å²) in [5.41, 5.74) is 20.3. The van der Waals surface area contributed by atoms with Gasteiger partial charge in [0.25, 0.3) is 11.8 Å². The molecule has 2 aromatic heterocycles. The molecule has 0 radical (unpaired) electrons. The van der Waals surface area contributed by atoms with E-state index >= 15 is 0 Å². The second kappa shape index (κ2) is 15.2. The number of likely N-dealkylation sites (tertiary alicyclic amines) is 1. The molecule has 3 atom stereocenters. The Balaban J connectivity index is 1.54. The van der Waals surface area contributed by atoms with E-state index in [0.717, 1.165) is 41.2 Å². The van der Waals surface area contributed by atoms with Gasteiger partial charge in [0.05, 0.1) is 5.92 Å². The van der Waals surface area contributed by atoms with E-state index < -0.39 is 29.1 Å². The number of nitrogens with one attached hydrogen (secondary N) is 3. The summed E-state index contributed by atoms with van der Waals surface area (Å²) in [6.07, 6.45) is 5.33. The smallest absolute Gasteiger partial charge is 0.273 e. The topological polar surface area (TPSA) is 250 Å². The van der Waals surface area contributed by atoms with E-state index in [9.17, 15) is 19.8 Å². The van der Waals surface area contributed by atoms with Crippen molar-refractivity contribution in [3.05, 3.63) is 68.9 Å². The van der Waals surface area contributed by atoms with Gasteiger partial charge >= 0.3 is 0 Å². The SMILES string of the molecule is NC(N)=NCCCCNC(=O)[C@@]1(O)[C@H](Cc2c[nH]c3cc(Br)ccc23)[C@@](O)(Cc2c[nH]c3cc(Br)ccc23)C(=O)N1CCCCN=C(N)N. The summed E-state index contributed by atoms with van der Waals surface area (Å²) in [4.78, 5) is 44.3. The van der Waals surface area contributed by atoms with Gasteiger partial charge in [0.2, 0.25) is 5.72 Å². The predicted molar refractivity (Wildman–Crippen MR) is 197 cm³/mol. The van der Waals surface area contributed by atoms with E-state index in [1.807, 2.05) is 36.4 Å². The van der Waals surface area contributed by atoms with Gasteiger partial charge in [-0.05, 0) is 67.5 Å². The molecule has 4 aromatic rings. The number of rotatable bonds is 15. The molecule has 14 nitrogen and oxygen atoms in total. The number of hydrogen-bond acceptors (Lipinski definition) is 6. The number of aromatic nitrogens is 2. The van der Waals surface area contributed by atoms with Crippen LogP contribution in [0.4, 0.5) is 0 Å². The van der Waals surface area contributed by atoms with Gasteiger partial charge in [-0.15, -0.1) is 0 Å². The van der Waals surface area contributed by atoms with Crippen molar-refractivity contribution in [1.29, 1.82) is 0 Å². The summed E-state index contributed by atoms with van der Waals surface area (Å²) < 4.78 is 1.73. The molecular weight excluding hydrogens is 760 g/mol. The number of unbranched alkanes of at least 4 members (excludes halogenated alkanes) is 2. The van der Waals surface area contributed by atoms with Crippen molar-refractivity contribution in [1.82, 2.24) is 20.2 Å². The van der Waals surface area contributed by atoms with Gasteiger partial charge in [-0.25, -0.2) is 0 Å². The van der Waals surface area contributed by atoms with Gasteiger partial charge in [-0.1, -0.05) is 44.0 Å². The Bertz CT molecular complexity index is 1880. The average molecular weight is 803 g/mol. The maximum absolute atomic E-state index is 14.6. The Morgan fingerprint density at radius 1 is 0.857 bits per heavy atom. The molecule has 1 aliphatic rings. The number of carbonyl (C=O) groups excluding carboxylic acids is 2. The maximum Gasteiger partial charge on any atom is 0.273 e. The molecule has 1 aliphatic heterocycles. The van der Waals surface area contributed by atoms with E-state index in [1.54, 1.807) is 12.4 Å². The van der Waals surface area contributed by atoms with Crippen LogP contribution in [-0.4, -0.2) is 86.3 Å². The van der Waals surface area contributed by atoms with Gasteiger partial charge in [-0.3, -0.25) is 19.6 Å². The number of H-pyrrole nitrogens is 2. The minimum Gasteiger partial charge on any atom is -0.379 e. The third-order valence-corrected chi connectivity index (χ3v) is 10.0. The third kappa shape index (κ3) is 7.71. The predicted octanol–water partition coefficient (Wildman–Crippen LogP) is 2.06. The molecular formula is C33H42Br2N10O4. The lowest BCUT2D eigenvalue weighted by Crippen LogP contribution is -2.61. The second-order valence-corrected chi connectivity index (χ2v) is 14.2. The van der Waals surface area contributed by atoms with Crippen LogP contribution in [0.3, 0.4) is 0 Å². The van der Waals surface area contributed by atoms with Gasteiger partial charge < -0.3 is 53.3 Å². The van der Waals surface area contributed by atoms with Crippen LogP contribution in [-0.2, 0) is 22.4 Å². The number of guanidine groups is 2. The zero-order valence-electron chi connectivity index (χ0n) is 26.9. The largest absolute Gasteiger partial charge is 0.379 e. The molecule has 0 saturated carbocycles. The highest BCUT2D eigenvalue weighted by Gasteiger charge is 2.68. The quantitative estimate of drug-likeness (QED) is 0.0488. The number of fused-ring (bicyclic) bond motifs is 2. The Morgan fingerprint density at radius 3 is 2.00 bits per heavy atom. The molecule has 5 rings (SSSR count). The lowest BCUT2D eigenvalue weighted by molar-refractivity contribution is -0.172. The van der Waals surface area contributed by atoms with Crippen molar-refractivity contribution in [3.8, 4) is 0 Å². The lowest BCUT2D eigenvalue weighted by atomic mass is 9.75. The first-order valence-electron chi connectivity index (χ1n) is 16.0. The maximum atomic E-state index is 14.6. The molecule has 1 fully saturated rings. The number of amides is 2. The number of aliphatic hydroxyl groups is 2. The minimum absolute atomic E-state index is 0.0106. The van der Waals surface area contributed by atoms with E-state index in [4.69, 9.17) is 22.9 Å². The van der Waals surface area contributed by atoms with Gasteiger partial charge in [0.1, 0.15) is 0 Å². The molecule has 0 unspecified atom stereocenters. The number of carbonyl (C=O) groups is 2. The molecule has 262 valence electrons. The van der Waals surface area contributed by atoms with Crippen LogP contribution < -0.4 is 28.3 Å². The first-order chi connectivity index (χ1) is 23.3. The molecule has 0 bridgehead atoms. The van der Waals surface area contributed by atoms with Gasteiger partial charge in [-0.2, -0.15) is 0 Å². The molecule has 1 saturated heterocycles. The van der Waals surface area contributed by atoms with E-state index in [1.165, 1.54) is 0 Å². The monoisotopic (exact) mass is 800 g/mol. The van der Waals surface area contributed by atoms with Gasteiger partial charge in [0.15, 0.2) is 17.5 Å². The summed E-state index contributed by atoms with van der Waals surface area (Å²) in [6.45, 7) is 0.850. The number of nitrogens with two attached hydrogens (primary N) is 4. The van der Waals surface area contributed by atoms with Crippen molar-refractivity contribution in [2.24, 2.45) is 38.8 Å². The highest BCUT2D eigenvalue weighted by molar-refractivity contribution is 9.10. The zero-order valence-corrected chi connectivity index (χ0v) is 30.1. The molecule has 16 heteroatoms. The Kier molecular flexibility index (Phi) is 11.2. The normalized spacial score (nSPS) is 20.6. The van der Waals surface area contributed by atoms with Crippen LogP contribution in [0.15, 0.2) is 67.7 Å². The number of aromatic amines is 2. The molecule has 0 aliphatic carbocycles. The highest BCUT2D eigenvalue weighted by Crippen LogP contribution is 2.46. The summed E-state index contributed by atoms with van der Waals surface area (Å²) in [5.74, 6) is -2.86. The van der Waals surface area contributed by atoms with E-state index in [2.05, 4.69) is 57.1 Å². The fourth-order valence-corrected chi connectivity index (χ4v) is 7.35. The van der Waals surface area contributed by atoms with Crippen LogP contribution >= 0.6 is 31.9 Å². The Morgan fingerprint density at radius 2 is 1.41 bits per heavy atom. The summed E-state index contributed by atoms with van der Waals surface area (Å²) in [7, 11) is 0. The van der Waals surface area contributed by atoms with Gasteiger partial charge in [0, 0.05) is 75.7 Å².